The number of hydrogen-bond acceptors (Lipinski definition) is 3. The molecular weight excluding hydrogens is 190 g/mol. The Morgan fingerprint density at radius 1 is 1.53 bits per heavy atom. The van der Waals surface area contributed by atoms with Crippen LogP contribution in [0.5, 0.6) is 0 Å². The molecule has 0 amide bonds. The predicted octanol–water partition coefficient (Wildman–Crippen LogP) is 2.25. The molecule has 2 atom stereocenters. The molecule has 1 aliphatic carbocycles. The van der Waals surface area contributed by atoms with Crippen LogP contribution in [0.4, 0.5) is 0 Å². The summed E-state index contributed by atoms with van der Waals surface area (Å²) in [5.74, 6) is 1.04. The maximum Gasteiger partial charge on any atom is 0.120 e. The second-order valence-corrected chi connectivity index (χ2v) is 4.22. The lowest BCUT2D eigenvalue weighted by Crippen LogP contribution is -2.36. The Bertz CT molecular complexity index is 308. The normalized spacial score (nSPS) is 26.0. The summed E-state index contributed by atoms with van der Waals surface area (Å²) in [6.45, 7) is 2.88. The van der Waals surface area contributed by atoms with E-state index in [0.29, 0.717) is 12.1 Å². The number of aryl methyl sites for hydroxylation is 1. The number of ether oxygens (including phenoxy) is 1. The molecule has 0 aliphatic heterocycles. The number of nitrogens with one attached hydrogen (secondary N) is 1. The minimum Gasteiger partial charge on any atom is -0.468 e. The molecular formula is C12H19NO2. The molecule has 15 heavy (non-hydrogen) atoms. The Kier molecular flexibility index (Phi) is 3.44. The molecule has 1 fully saturated rings. The molecule has 3 heteroatoms. The third kappa shape index (κ3) is 2.41. The first kappa shape index (κ1) is 10.7. The highest BCUT2D eigenvalue weighted by Gasteiger charge is 2.26. The Morgan fingerprint density at radius 3 is 3.07 bits per heavy atom. The Morgan fingerprint density at radius 2 is 2.40 bits per heavy atom. The summed E-state index contributed by atoms with van der Waals surface area (Å²) >= 11 is 0. The van der Waals surface area contributed by atoms with Gasteiger partial charge in [-0.1, -0.05) is 0 Å². The standard InChI is InChI=1S/C12H19NO2/c1-9-6-7-15-12(9)8-13-10-4-3-5-11(10)14-2/h6-7,10-11,13H,3-5,8H2,1-2H3. The lowest BCUT2D eigenvalue weighted by molar-refractivity contribution is 0.0841. The van der Waals surface area contributed by atoms with E-state index in [9.17, 15) is 0 Å². The van der Waals surface area contributed by atoms with E-state index in [1.807, 2.05) is 6.07 Å². The summed E-state index contributed by atoms with van der Waals surface area (Å²) in [5.41, 5.74) is 1.22. The van der Waals surface area contributed by atoms with Crippen molar-refractivity contribution in [3.05, 3.63) is 23.7 Å². The van der Waals surface area contributed by atoms with Gasteiger partial charge in [0.2, 0.25) is 0 Å². The lowest BCUT2D eigenvalue weighted by Gasteiger charge is -2.19. The minimum absolute atomic E-state index is 0.375. The summed E-state index contributed by atoms with van der Waals surface area (Å²) in [7, 11) is 1.79. The first-order chi connectivity index (χ1) is 7.31. The molecule has 84 valence electrons. The van der Waals surface area contributed by atoms with E-state index >= 15 is 0 Å². The molecule has 1 heterocycles. The van der Waals surface area contributed by atoms with Crippen molar-refractivity contribution in [1.82, 2.24) is 5.32 Å². The fraction of sp³-hybridized carbons (Fsp3) is 0.667. The lowest BCUT2D eigenvalue weighted by atomic mass is 10.2. The van der Waals surface area contributed by atoms with Crippen molar-refractivity contribution in [3.8, 4) is 0 Å². The van der Waals surface area contributed by atoms with Crippen molar-refractivity contribution in [2.24, 2.45) is 0 Å². The van der Waals surface area contributed by atoms with Crippen LogP contribution < -0.4 is 5.32 Å². The van der Waals surface area contributed by atoms with Crippen LogP contribution in [0.2, 0.25) is 0 Å². The van der Waals surface area contributed by atoms with E-state index in [4.69, 9.17) is 9.15 Å². The van der Waals surface area contributed by atoms with Crippen LogP contribution in [0.3, 0.4) is 0 Å². The van der Waals surface area contributed by atoms with E-state index in [2.05, 4.69) is 12.2 Å². The van der Waals surface area contributed by atoms with Crippen molar-refractivity contribution < 1.29 is 9.15 Å². The summed E-state index contributed by atoms with van der Waals surface area (Å²) in [6, 6.07) is 2.49. The quantitative estimate of drug-likeness (QED) is 0.826. The van der Waals surface area contributed by atoms with Crippen LogP contribution in [0, 0.1) is 6.92 Å². The number of rotatable bonds is 4. The third-order valence-electron chi connectivity index (χ3n) is 3.25. The molecule has 0 spiro atoms. The van der Waals surface area contributed by atoms with Crippen molar-refractivity contribution in [2.45, 2.75) is 44.9 Å². The summed E-state index contributed by atoms with van der Waals surface area (Å²) in [4.78, 5) is 0. The van der Waals surface area contributed by atoms with Crippen molar-refractivity contribution >= 4 is 0 Å². The minimum atomic E-state index is 0.375. The van der Waals surface area contributed by atoms with Gasteiger partial charge in [-0.3, -0.25) is 0 Å². The van der Waals surface area contributed by atoms with E-state index in [-0.39, 0.29) is 0 Å². The molecule has 1 aromatic heterocycles. The van der Waals surface area contributed by atoms with Crippen LogP contribution in [-0.2, 0) is 11.3 Å². The maximum absolute atomic E-state index is 5.43. The maximum atomic E-state index is 5.43. The second-order valence-electron chi connectivity index (χ2n) is 4.22. The van der Waals surface area contributed by atoms with Gasteiger partial charge >= 0.3 is 0 Å². The number of hydrogen-bond donors (Lipinski definition) is 1. The van der Waals surface area contributed by atoms with Gasteiger partial charge in [0.25, 0.3) is 0 Å². The van der Waals surface area contributed by atoms with Crippen LogP contribution in [-0.4, -0.2) is 19.3 Å². The van der Waals surface area contributed by atoms with Gasteiger partial charge in [-0.25, -0.2) is 0 Å². The average Bonchev–Trinajstić information content (AvgIpc) is 2.83. The van der Waals surface area contributed by atoms with Gasteiger partial charge < -0.3 is 14.5 Å². The molecule has 0 aromatic carbocycles. The molecule has 0 saturated heterocycles. The van der Waals surface area contributed by atoms with Gasteiger partial charge in [-0.2, -0.15) is 0 Å². The van der Waals surface area contributed by atoms with Crippen molar-refractivity contribution in [1.29, 1.82) is 0 Å². The highest BCUT2D eigenvalue weighted by atomic mass is 16.5. The summed E-state index contributed by atoms with van der Waals surface area (Å²) < 4.78 is 10.8. The topological polar surface area (TPSA) is 34.4 Å². The smallest absolute Gasteiger partial charge is 0.120 e. The van der Waals surface area contributed by atoms with Crippen LogP contribution >= 0.6 is 0 Å². The molecule has 1 aliphatic rings. The van der Waals surface area contributed by atoms with E-state index in [0.717, 1.165) is 12.3 Å². The molecule has 3 nitrogen and oxygen atoms in total. The van der Waals surface area contributed by atoms with Gasteiger partial charge in [0.1, 0.15) is 5.76 Å². The zero-order valence-corrected chi connectivity index (χ0v) is 9.45. The Hall–Kier alpha value is -0.800. The predicted molar refractivity (Wildman–Crippen MR) is 58.7 cm³/mol. The monoisotopic (exact) mass is 209 g/mol. The van der Waals surface area contributed by atoms with Crippen LogP contribution in [0.1, 0.15) is 30.6 Å². The van der Waals surface area contributed by atoms with Gasteiger partial charge in [-0.15, -0.1) is 0 Å². The number of furan rings is 1. The highest BCUT2D eigenvalue weighted by molar-refractivity contribution is 5.14. The Labute approximate surface area is 90.8 Å². The molecule has 0 bridgehead atoms. The first-order valence-electron chi connectivity index (χ1n) is 5.60. The number of methoxy groups -OCH3 is 1. The van der Waals surface area contributed by atoms with Gasteiger partial charge in [-0.05, 0) is 37.8 Å². The van der Waals surface area contributed by atoms with Crippen LogP contribution in [0.25, 0.3) is 0 Å². The van der Waals surface area contributed by atoms with Gasteiger partial charge in [0.05, 0.1) is 18.9 Å². The molecule has 0 radical (unpaired) electrons. The van der Waals surface area contributed by atoms with E-state index in [1.165, 1.54) is 24.8 Å². The van der Waals surface area contributed by atoms with Gasteiger partial charge in [0, 0.05) is 13.2 Å². The fourth-order valence-corrected chi connectivity index (χ4v) is 2.25. The summed E-state index contributed by atoms with van der Waals surface area (Å²) in [6.07, 6.45) is 5.76. The first-order valence-corrected chi connectivity index (χ1v) is 5.60. The average molecular weight is 209 g/mol. The molecule has 2 unspecified atom stereocenters. The van der Waals surface area contributed by atoms with Gasteiger partial charge in [0.15, 0.2) is 0 Å². The zero-order valence-electron chi connectivity index (χ0n) is 9.45. The van der Waals surface area contributed by atoms with Crippen molar-refractivity contribution in [3.63, 3.8) is 0 Å². The largest absolute Gasteiger partial charge is 0.468 e. The Balaban J connectivity index is 1.85. The highest BCUT2D eigenvalue weighted by Crippen LogP contribution is 2.22. The van der Waals surface area contributed by atoms with Crippen LogP contribution in [0.15, 0.2) is 16.7 Å². The SMILES string of the molecule is COC1CCCC1NCc1occc1C. The molecule has 1 aromatic rings. The zero-order chi connectivity index (χ0) is 10.7. The molecule has 1 saturated carbocycles. The second kappa shape index (κ2) is 4.81. The fourth-order valence-electron chi connectivity index (χ4n) is 2.25. The van der Waals surface area contributed by atoms with E-state index < -0.39 is 0 Å². The summed E-state index contributed by atoms with van der Waals surface area (Å²) in [5, 5.41) is 3.51. The van der Waals surface area contributed by atoms with E-state index in [1.54, 1.807) is 13.4 Å². The molecule has 1 N–H and O–H groups in total. The molecule has 2 rings (SSSR count). The third-order valence-corrected chi connectivity index (χ3v) is 3.25. The van der Waals surface area contributed by atoms with Crippen molar-refractivity contribution in [2.75, 3.05) is 7.11 Å².